The van der Waals surface area contributed by atoms with Crippen LogP contribution >= 0.6 is 11.3 Å². The topological polar surface area (TPSA) is 59.2 Å². The van der Waals surface area contributed by atoms with Gasteiger partial charge in [0.05, 0.1) is 10.4 Å². The maximum absolute atomic E-state index is 13.9. The van der Waals surface area contributed by atoms with E-state index < -0.39 is 11.6 Å². The van der Waals surface area contributed by atoms with Crippen molar-refractivity contribution in [3.05, 3.63) is 57.6 Å². The number of hydrogen-bond acceptors (Lipinski definition) is 5. The first-order chi connectivity index (χ1) is 12.5. The molecule has 0 N–H and O–H groups in total. The minimum atomic E-state index is -0.759. The van der Waals surface area contributed by atoms with Gasteiger partial charge in [-0.05, 0) is 44.0 Å². The lowest BCUT2D eigenvalue weighted by molar-refractivity contribution is 0.0715. The molecule has 0 aliphatic carbocycles. The van der Waals surface area contributed by atoms with Crippen molar-refractivity contribution in [1.82, 2.24) is 15.0 Å². The van der Waals surface area contributed by atoms with Gasteiger partial charge < -0.3 is 9.42 Å². The van der Waals surface area contributed by atoms with Crippen LogP contribution in [-0.4, -0.2) is 27.5 Å². The standard InChI is InChI=1S/C18H15F2N3O2S/c1-10-4-7-15(26-10)18(24)23-8-2-3-14(23)17-21-16(22-25-17)12-6-5-11(19)9-13(12)20/h4-7,9,14H,2-3,8H2,1H3/t14-/m0/s1. The Labute approximate surface area is 152 Å². The minimum absolute atomic E-state index is 0.0452. The molecule has 1 fully saturated rings. The molecular weight excluding hydrogens is 360 g/mol. The summed E-state index contributed by atoms with van der Waals surface area (Å²) in [6, 6.07) is 6.56. The van der Waals surface area contributed by atoms with Crippen LogP contribution in [0.15, 0.2) is 34.9 Å². The van der Waals surface area contributed by atoms with Gasteiger partial charge in [0.1, 0.15) is 17.7 Å². The highest BCUT2D eigenvalue weighted by Crippen LogP contribution is 2.34. The van der Waals surface area contributed by atoms with Gasteiger partial charge in [-0.2, -0.15) is 4.98 Å². The number of benzene rings is 1. The van der Waals surface area contributed by atoms with Crippen molar-refractivity contribution >= 4 is 17.2 Å². The highest BCUT2D eigenvalue weighted by atomic mass is 32.1. The first-order valence-corrected chi connectivity index (χ1v) is 9.01. The first kappa shape index (κ1) is 16.8. The number of carbonyl (C=O) groups is 1. The van der Waals surface area contributed by atoms with E-state index in [0.29, 0.717) is 17.8 Å². The average Bonchev–Trinajstić information content (AvgIpc) is 3.34. The Morgan fingerprint density at radius 2 is 2.15 bits per heavy atom. The molecule has 0 spiro atoms. The summed E-state index contributed by atoms with van der Waals surface area (Å²) in [4.78, 5) is 20.5. The molecule has 0 unspecified atom stereocenters. The minimum Gasteiger partial charge on any atom is -0.337 e. The van der Waals surface area contributed by atoms with Gasteiger partial charge in [-0.3, -0.25) is 4.79 Å². The van der Waals surface area contributed by atoms with Crippen molar-refractivity contribution in [2.75, 3.05) is 6.54 Å². The molecule has 4 rings (SSSR count). The maximum atomic E-state index is 13.9. The molecule has 0 bridgehead atoms. The second-order valence-electron chi connectivity index (χ2n) is 6.15. The van der Waals surface area contributed by atoms with Crippen LogP contribution in [0, 0.1) is 18.6 Å². The Morgan fingerprint density at radius 1 is 1.31 bits per heavy atom. The molecular formula is C18H15F2N3O2S. The third-order valence-corrected chi connectivity index (χ3v) is 5.35. The Kier molecular flexibility index (Phi) is 4.28. The number of thiophene rings is 1. The van der Waals surface area contributed by atoms with E-state index in [-0.39, 0.29) is 29.2 Å². The number of likely N-dealkylation sites (tertiary alicyclic amines) is 1. The highest BCUT2D eigenvalue weighted by Gasteiger charge is 2.35. The fourth-order valence-electron chi connectivity index (χ4n) is 3.11. The van der Waals surface area contributed by atoms with E-state index in [0.717, 1.165) is 23.4 Å². The van der Waals surface area contributed by atoms with E-state index in [4.69, 9.17) is 4.52 Å². The Balaban J connectivity index is 1.61. The fourth-order valence-corrected chi connectivity index (χ4v) is 3.93. The van der Waals surface area contributed by atoms with E-state index in [9.17, 15) is 13.6 Å². The summed E-state index contributed by atoms with van der Waals surface area (Å²) in [5.74, 6) is -1.19. The predicted molar refractivity (Wildman–Crippen MR) is 91.7 cm³/mol. The summed E-state index contributed by atoms with van der Waals surface area (Å²) >= 11 is 1.44. The van der Waals surface area contributed by atoms with Gasteiger partial charge in [-0.25, -0.2) is 8.78 Å². The zero-order valence-corrected chi connectivity index (χ0v) is 14.7. The van der Waals surface area contributed by atoms with Crippen LogP contribution in [-0.2, 0) is 0 Å². The average molecular weight is 375 g/mol. The number of aryl methyl sites for hydroxylation is 1. The van der Waals surface area contributed by atoms with Gasteiger partial charge in [-0.1, -0.05) is 5.16 Å². The molecule has 134 valence electrons. The van der Waals surface area contributed by atoms with Gasteiger partial charge in [0.2, 0.25) is 11.7 Å². The molecule has 1 amide bonds. The van der Waals surface area contributed by atoms with E-state index >= 15 is 0 Å². The molecule has 1 aromatic carbocycles. The zero-order chi connectivity index (χ0) is 18.3. The number of halogens is 2. The molecule has 1 atom stereocenters. The van der Waals surface area contributed by atoms with E-state index in [2.05, 4.69) is 10.1 Å². The molecule has 3 aromatic rings. The molecule has 26 heavy (non-hydrogen) atoms. The van der Waals surface area contributed by atoms with Crippen molar-refractivity contribution in [3.8, 4) is 11.4 Å². The van der Waals surface area contributed by atoms with Crippen molar-refractivity contribution in [2.45, 2.75) is 25.8 Å². The molecule has 3 heterocycles. The van der Waals surface area contributed by atoms with Gasteiger partial charge >= 0.3 is 0 Å². The van der Waals surface area contributed by atoms with Crippen LogP contribution < -0.4 is 0 Å². The molecule has 0 saturated carbocycles. The highest BCUT2D eigenvalue weighted by molar-refractivity contribution is 7.13. The monoisotopic (exact) mass is 375 g/mol. The SMILES string of the molecule is Cc1ccc(C(=O)N2CCC[C@H]2c2nc(-c3ccc(F)cc3F)no2)s1. The summed E-state index contributed by atoms with van der Waals surface area (Å²) in [5.41, 5.74) is 0.0613. The van der Waals surface area contributed by atoms with E-state index in [1.54, 1.807) is 4.90 Å². The van der Waals surface area contributed by atoms with E-state index in [1.165, 1.54) is 17.4 Å². The van der Waals surface area contributed by atoms with Crippen LogP contribution in [0.25, 0.3) is 11.4 Å². The van der Waals surface area contributed by atoms with Crippen LogP contribution in [0.5, 0.6) is 0 Å². The number of amides is 1. The number of aromatic nitrogens is 2. The number of carbonyl (C=O) groups excluding carboxylic acids is 1. The Bertz CT molecular complexity index is 969. The molecule has 0 radical (unpaired) electrons. The van der Waals surface area contributed by atoms with Gasteiger partial charge in [0, 0.05) is 17.5 Å². The van der Waals surface area contributed by atoms with Crippen LogP contribution in [0.1, 0.15) is 39.3 Å². The summed E-state index contributed by atoms with van der Waals surface area (Å²) in [5, 5.41) is 3.81. The Morgan fingerprint density at radius 3 is 2.88 bits per heavy atom. The van der Waals surface area contributed by atoms with Gasteiger partial charge in [-0.15, -0.1) is 11.3 Å². The van der Waals surface area contributed by atoms with Crippen molar-refractivity contribution in [3.63, 3.8) is 0 Å². The second kappa shape index (κ2) is 6.60. The molecule has 1 aliphatic heterocycles. The van der Waals surface area contributed by atoms with Crippen molar-refractivity contribution < 1.29 is 18.1 Å². The van der Waals surface area contributed by atoms with Gasteiger partial charge in [0.25, 0.3) is 5.91 Å². The van der Waals surface area contributed by atoms with Gasteiger partial charge in [0.15, 0.2) is 0 Å². The van der Waals surface area contributed by atoms with Crippen molar-refractivity contribution in [2.24, 2.45) is 0 Å². The maximum Gasteiger partial charge on any atom is 0.264 e. The van der Waals surface area contributed by atoms with Crippen LogP contribution in [0.4, 0.5) is 8.78 Å². The lowest BCUT2D eigenvalue weighted by Gasteiger charge is -2.21. The summed E-state index contributed by atoms with van der Waals surface area (Å²) in [6.07, 6.45) is 1.52. The third kappa shape index (κ3) is 3.01. The molecule has 5 nitrogen and oxygen atoms in total. The largest absolute Gasteiger partial charge is 0.337 e. The molecule has 2 aromatic heterocycles. The second-order valence-corrected chi connectivity index (χ2v) is 7.44. The summed E-state index contributed by atoms with van der Waals surface area (Å²) in [7, 11) is 0. The lowest BCUT2D eigenvalue weighted by atomic mass is 10.2. The number of hydrogen-bond donors (Lipinski definition) is 0. The van der Waals surface area contributed by atoms with Crippen LogP contribution in [0.2, 0.25) is 0 Å². The summed E-state index contributed by atoms with van der Waals surface area (Å²) in [6.45, 7) is 2.55. The normalized spacial score (nSPS) is 17.0. The quantitative estimate of drug-likeness (QED) is 0.682. The van der Waals surface area contributed by atoms with Crippen molar-refractivity contribution in [1.29, 1.82) is 0 Å². The summed E-state index contributed by atoms with van der Waals surface area (Å²) < 4.78 is 32.3. The number of rotatable bonds is 3. The first-order valence-electron chi connectivity index (χ1n) is 8.19. The smallest absolute Gasteiger partial charge is 0.264 e. The molecule has 8 heteroatoms. The predicted octanol–water partition coefficient (Wildman–Crippen LogP) is 4.36. The van der Waals surface area contributed by atoms with Crippen LogP contribution in [0.3, 0.4) is 0 Å². The molecule has 1 aliphatic rings. The fraction of sp³-hybridized carbons (Fsp3) is 0.278. The Hall–Kier alpha value is -2.61. The molecule has 1 saturated heterocycles. The third-order valence-electron chi connectivity index (χ3n) is 4.36. The lowest BCUT2D eigenvalue weighted by Crippen LogP contribution is -2.30. The van der Waals surface area contributed by atoms with E-state index in [1.807, 2.05) is 19.1 Å². The zero-order valence-electron chi connectivity index (χ0n) is 13.9. The number of nitrogens with zero attached hydrogens (tertiary/aromatic N) is 3.